The Kier molecular flexibility index (Phi) is 3.74. The van der Waals surface area contributed by atoms with Crippen LogP contribution in [-0.4, -0.2) is 34.6 Å². The lowest BCUT2D eigenvalue weighted by atomic mass is 9.69. The molecule has 2 saturated carbocycles. The molecule has 4 heteroatoms. The Bertz CT molecular complexity index is 670. The van der Waals surface area contributed by atoms with E-state index < -0.39 is 5.60 Å². The smallest absolute Gasteiger partial charge is 0.225 e. The number of carbonyl (C=O) groups is 1. The second-order valence-electron chi connectivity index (χ2n) is 8.69. The minimum absolute atomic E-state index is 0.0460. The van der Waals surface area contributed by atoms with E-state index in [0.29, 0.717) is 24.2 Å². The van der Waals surface area contributed by atoms with Gasteiger partial charge in [-0.05, 0) is 69.1 Å². The highest BCUT2D eigenvalue weighted by Crippen LogP contribution is 2.53. The maximum absolute atomic E-state index is 12.5. The third-order valence-corrected chi connectivity index (χ3v) is 6.95. The topological polar surface area (TPSA) is 40.5 Å². The van der Waals surface area contributed by atoms with Crippen LogP contribution in [0.3, 0.4) is 0 Å². The summed E-state index contributed by atoms with van der Waals surface area (Å²) in [5, 5.41) is 10.7. The van der Waals surface area contributed by atoms with Crippen molar-refractivity contribution in [2.75, 3.05) is 13.1 Å². The van der Waals surface area contributed by atoms with Gasteiger partial charge in [0.2, 0.25) is 5.91 Å². The minimum atomic E-state index is -0.620. The number of hydrogen-bond donors (Lipinski definition) is 1. The number of amides is 1. The van der Waals surface area contributed by atoms with Crippen LogP contribution in [0.15, 0.2) is 18.2 Å². The van der Waals surface area contributed by atoms with Crippen molar-refractivity contribution in [2.45, 2.75) is 57.5 Å². The Labute approximate surface area is 149 Å². The van der Waals surface area contributed by atoms with Gasteiger partial charge in [0.15, 0.2) is 0 Å². The summed E-state index contributed by atoms with van der Waals surface area (Å²) in [6, 6.07) is 6.22. The predicted molar refractivity (Wildman–Crippen MR) is 95.1 cm³/mol. The monoisotopic (exact) mass is 347 g/mol. The number of nitrogens with zero attached hydrogens (tertiary/aromatic N) is 1. The number of rotatable bonds is 2. The molecule has 1 aromatic carbocycles. The standard InChI is InChI=1S/C20H26ClNO2/c1-13-16(4-3-5-17(13)21)14-6-7-20(10-14)11-22(12-20)18(23)15-8-19(2,24)9-15/h3-5,14-15,24H,6-12H2,1-2H3. The molecule has 1 aliphatic heterocycles. The molecular formula is C20H26ClNO2. The van der Waals surface area contributed by atoms with Gasteiger partial charge in [-0.3, -0.25) is 4.79 Å². The molecule has 0 aromatic heterocycles. The van der Waals surface area contributed by atoms with Gasteiger partial charge in [-0.25, -0.2) is 0 Å². The van der Waals surface area contributed by atoms with E-state index in [2.05, 4.69) is 19.1 Å². The zero-order chi connectivity index (χ0) is 17.1. The van der Waals surface area contributed by atoms with E-state index in [4.69, 9.17) is 11.6 Å². The van der Waals surface area contributed by atoms with Crippen molar-refractivity contribution >= 4 is 17.5 Å². The van der Waals surface area contributed by atoms with Crippen LogP contribution in [0.5, 0.6) is 0 Å². The number of halogens is 1. The summed E-state index contributed by atoms with van der Waals surface area (Å²) < 4.78 is 0. The summed E-state index contributed by atoms with van der Waals surface area (Å²) >= 11 is 6.28. The normalized spacial score (nSPS) is 34.1. The number of aliphatic hydroxyl groups is 1. The number of benzene rings is 1. The molecule has 4 rings (SSSR count). The zero-order valence-electron chi connectivity index (χ0n) is 14.5. The van der Waals surface area contributed by atoms with E-state index >= 15 is 0 Å². The van der Waals surface area contributed by atoms with Crippen molar-refractivity contribution < 1.29 is 9.90 Å². The number of likely N-dealkylation sites (tertiary alicyclic amines) is 1. The van der Waals surface area contributed by atoms with Crippen molar-refractivity contribution in [1.29, 1.82) is 0 Å². The first kappa shape index (κ1) is 16.4. The van der Waals surface area contributed by atoms with Gasteiger partial charge in [0.1, 0.15) is 0 Å². The molecule has 1 unspecified atom stereocenters. The van der Waals surface area contributed by atoms with Gasteiger partial charge in [-0.2, -0.15) is 0 Å². The van der Waals surface area contributed by atoms with Gasteiger partial charge in [0.25, 0.3) is 0 Å². The molecule has 1 N–H and O–H groups in total. The van der Waals surface area contributed by atoms with Crippen LogP contribution in [0.4, 0.5) is 0 Å². The highest BCUT2D eigenvalue weighted by molar-refractivity contribution is 6.31. The zero-order valence-corrected chi connectivity index (χ0v) is 15.3. The third kappa shape index (κ3) is 2.66. The highest BCUT2D eigenvalue weighted by atomic mass is 35.5. The van der Waals surface area contributed by atoms with E-state index in [1.165, 1.54) is 30.4 Å². The lowest BCUT2D eigenvalue weighted by Gasteiger charge is -2.52. The van der Waals surface area contributed by atoms with Crippen LogP contribution in [0.2, 0.25) is 5.02 Å². The van der Waals surface area contributed by atoms with Gasteiger partial charge in [0.05, 0.1) is 5.60 Å². The van der Waals surface area contributed by atoms with E-state index in [1.807, 2.05) is 17.9 Å². The predicted octanol–water partition coefficient (Wildman–Crippen LogP) is 3.91. The molecule has 1 atom stereocenters. The first-order chi connectivity index (χ1) is 11.3. The van der Waals surface area contributed by atoms with Crippen LogP contribution < -0.4 is 0 Å². The molecule has 2 aliphatic carbocycles. The summed E-state index contributed by atoms with van der Waals surface area (Å²) in [4.78, 5) is 14.5. The Morgan fingerprint density at radius 1 is 1.29 bits per heavy atom. The van der Waals surface area contributed by atoms with Crippen LogP contribution in [-0.2, 0) is 4.79 Å². The highest BCUT2D eigenvalue weighted by Gasteiger charge is 2.53. The Hall–Kier alpha value is -1.06. The van der Waals surface area contributed by atoms with Crippen LogP contribution in [0.1, 0.15) is 56.1 Å². The number of carbonyl (C=O) groups excluding carboxylic acids is 1. The second kappa shape index (κ2) is 5.47. The van der Waals surface area contributed by atoms with Gasteiger partial charge in [-0.1, -0.05) is 23.7 Å². The maximum atomic E-state index is 12.5. The average Bonchev–Trinajstić information content (AvgIpc) is 2.90. The SMILES string of the molecule is Cc1c(Cl)cccc1C1CCC2(C1)CN(C(=O)C1CC(C)(O)C1)C2. The second-order valence-corrected chi connectivity index (χ2v) is 9.10. The summed E-state index contributed by atoms with van der Waals surface area (Å²) in [5.41, 5.74) is 2.30. The fourth-order valence-electron chi connectivity index (χ4n) is 5.18. The molecule has 1 spiro atoms. The fraction of sp³-hybridized carbons (Fsp3) is 0.650. The quantitative estimate of drug-likeness (QED) is 0.881. The molecule has 3 aliphatic rings. The van der Waals surface area contributed by atoms with E-state index in [0.717, 1.165) is 18.1 Å². The summed E-state index contributed by atoms with van der Waals surface area (Å²) in [5.74, 6) is 0.879. The molecule has 3 fully saturated rings. The molecule has 1 heterocycles. The van der Waals surface area contributed by atoms with E-state index in [1.54, 1.807) is 0 Å². The Balaban J connectivity index is 1.37. The van der Waals surface area contributed by atoms with Crippen molar-refractivity contribution in [2.24, 2.45) is 11.3 Å². The largest absolute Gasteiger partial charge is 0.390 e. The maximum Gasteiger partial charge on any atom is 0.225 e. The molecule has 1 aromatic rings. The van der Waals surface area contributed by atoms with E-state index in [9.17, 15) is 9.90 Å². The first-order valence-corrected chi connectivity index (χ1v) is 9.43. The van der Waals surface area contributed by atoms with Gasteiger partial charge < -0.3 is 10.0 Å². The average molecular weight is 348 g/mol. The number of hydrogen-bond acceptors (Lipinski definition) is 2. The van der Waals surface area contributed by atoms with Crippen LogP contribution >= 0.6 is 11.6 Å². The molecule has 3 nitrogen and oxygen atoms in total. The summed E-state index contributed by atoms with van der Waals surface area (Å²) in [6.07, 6.45) is 4.82. The third-order valence-electron chi connectivity index (χ3n) is 6.54. The van der Waals surface area contributed by atoms with E-state index in [-0.39, 0.29) is 11.8 Å². The summed E-state index contributed by atoms with van der Waals surface area (Å²) in [6.45, 7) is 5.74. The van der Waals surface area contributed by atoms with Crippen LogP contribution in [0, 0.1) is 18.3 Å². The van der Waals surface area contributed by atoms with Crippen molar-refractivity contribution in [3.05, 3.63) is 34.3 Å². The lowest BCUT2D eigenvalue weighted by Crippen LogP contribution is -2.61. The molecule has 1 amide bonds. The van der Waals surface area contributed by atoms with Crippen molar-refractivity contribution in [1.82, 2.24) is 4.90 Å². The van der Waals surface area contributed by atoms with Gasteiger partial charge in [0, 0.05) is 29.4 Å². The molecule has 1 saturated heterocycles. The Morgan fingerprint density at radius 3 is 2.67 bits per heavy atom. The molecule has 0 radical (unpaired) electrons. The molecule has 130 valence electrons. The van der Waals surface area contributed by atoms with Crippen LogP contribution in [0.25, 0.3) is 0 Å². The van der Waals surface area contributed by atoms with Crippen molar-refractivity contribution in [3.63, 3.8) is 0 Å². The molecule has 0 bridgehead atoms. The fourth-order valence-corrected chi connectivity index (χ4v) is 5.36. The first-order valence-electron chi connectivity index (χ1n) is 9.05. The molecule has 24 heavy (non-hydrogen) atoms. The Morgan fingerprint density at radius 2 is 2.00 bits per heavy atom. The van der Waals surface area contributed by atoms with Gasteiger partial charge in [-0.15, -0.1) is 0 Å². The lowest BCUT2D eigenvalue weighted by molar-refractivity contribution is -0.161. The minimum Gasteiger partial charge on any atom is -0.390 e. The molecular weight excluding hydrogens is 322 g/mol. The van der Waals surface area contributed by atoms with Gasteiger partial charge >= 0.3 is 0 Å². The van der Waals surface area contributed by atoms with Crippen molar-refractivity contribution in [3.8, 4) is 0 Å². The summed E-state index contributed by atoms with van der Waals surface area (Å²) in [7, 11) is 0.